The summed E-state index contributed by atoms with van der Waals surface area (Å²) in [6, 6.07) is 12.6. The summed E-state index contributed by atoms with van der Waals surface area (Å²) in [6.45, 7) is 1.87. The Kier molecular flexibility index (Phi) is 6.43. The van der Waals surface area contributed by atoms with E-state index in [1.165, 1.54) is 22.5 Å². The van der Waals surface area contributed by atoms with Gasteiger partial charge in [0.05, 0.1) is 11.9 Å². The third-order valence-corrected chi connectivity index (χ3v) is 6.60. The Morgan fingerprint density at radius 1 is 1.14 bits per heavy atom. The second-order valence-corrected chi connectivity index (χ2v) is 9.06. The van der Waals surface area contributed by atoms with Crippen molar-refractivity contribution in [1.82, 2.24) is 4.31 Å². The van der Waals surface area contributed by atoms with Gasteiger partial charge in [0.1, 0.15) is 12.4 Å². The number of anilines is 1. The lowest BCUT2D eigenvalue weighted by molar-refractivity contribution is -0.885. The Bertz CT molecular complexity index is 926. The maximum Gasteiger partial charge on any atom is 0.279 e. The molecule has 2 aromatic carbocycles. The quantitative estimate of drug-likeness (QED) is 0.727. The summed E-state index contributed by atoms with van der Waals surface area (Å²) in [5.41, 5.74) is 1.39. The average Bonchev–Trinajstić information content (AvgIpc) is 3.19. The van der Waals surface area contributed by atoms with Gasteiger partial charge < -0.3 is 10.2 Å². The Hall–Kier alpha value is -2.29. The highest BCUT2D eigenvalue weighted by Crippen LogP contribution is 2.23. The zero-order valence-corrected chi connectivity index (χ0v) is 16.6. The van der Waals surface area contributed by atoms with E-state index < -0.39 is 10.0 Å². The molecule has 1 aliphatic heterocycles. The zero-order valence-electron chi connectivity index (χ0n) is 15.8. The van der Waals surface area contributed by atoms with Gasteiger partial charge in [-0.2, -0.15) is 4.31 Å². The first-order valence-corrected chi connectivity index (χ1v) is 10.7. The van der Waals surface area contributed by atoms with E-state index in [4.69, 9.17) is 0 Å². The fraction of sp³-hybridized carbons (Fsp3) is 0.350. The lowest BCUT2D eigenvalue weighted by atomic mass is 10.2. The first kappa shape index (κ1) is 20.4. The molecule has 2 aromatic rings. The number of carbonyl (C=O) groups is 1. The molecule has 0 spiro atoms. The van der Waals surface area contributed by atoms with Crippen LogP contribution in [0.2, 0.25) is 0 Å². The number of rotatable bonds is 7. The number of hydrogen-bond acceptors (Lipinski definition) is 3. The molecule has 2 N–H and O–H groups in total. The number of sulfonamides is 1. The zero-order chi connectivity index (χ0) is 20.1. The van der Waals surface area contributed by atoms with E-state index >= 15 is 0 Å². The number of carbonyl (C=O) groups excluding carboxylic acids is 1. The summed E-state index contributed by atoms with van der Waals surface area (Å²) >= 11 is 0. The van der Waals surface area contributed by atoms with Crippen molar-refractivity contribution in [3.63, 3.8) is 0 Å². The highest BCUT2D eigenvalue weighted by molar-refractivity contribution is 7.89. The number of nitrogens with zero attached hydrogens (tertiary/aromatic N) is 1. The van der Waals surface area contributed by atoms with Crippen LogP contribution in [-0.2, 0) is 21.4 Å². The van der Waals surface area contributed by atoms with Crippen LogP contribution in [0.3, 0.4) is 0 Å². The standard InChI is InChI=1S/C20H24FN3O3S/c1-23(14-16-7-9-17(21)10-8-16)15-20(25)22-18-5-4-6-19(13-18)28(26,27)24-11-2-3-12-24/h4-10,13H,2-3,11-12,14-15H2,1H3,(H,22,25)/p+1. The molecule has 28 heavy (non-hydrogen) atoms. The molecule has 0 aromatic heterocycles. The van der Waals surface area contributed by atoms with Crippen LogP contribution in [0.1, 0.15) is 18.4 Å². The molecule has 0 radical (unpaired) electrons. The summed E-state index contributed by atoms with van der Waals surface area (Å²) in [4.78, 5) is 13.5. The van der Waals surface area contributed by atoms with E-state index in [0.29, 0.717) is 25.3 Å². The number of benzene rings is 2. The van der Waals surface area contributed by atoms with Crippen LogP contribution < -0.4 is 10.2 Å². The normalized spacial score (nSPS) is 16.1. The Balaban J connectivity index is 1.60. The van der Waals surface area contributed by atoms with E-state index in [-0.39, 0.29) is 23.2 Å². The lowest BCUT2D eigenvalue weighted by Crippen LogP contribution is -3.08. The first-order chi connectivity index (χ1) is 13.3. The summed E-state index contributed by atoms with van der Waals surface area (Å²) in [5, 5.41) is 2.77. The van der Waals surface area contributed by atoms with Gasteiger partial charge in [0.25, 0.3) is 5.91 Å². The van der Waals surface area contributed by atoms with Crippen LogP contribution in [0.15, 0.2) is 53.4 Å². The largest absolute Gasteiger partial charge is 0.326 e. The molecule has 150 valence electrons. The molecule has 1 unspecified atom stereocenters. The number of likely N-dealkylation sites (N-methyl/N-ethyl adjacent to an activating group) is 1. The Morgan fingerprint density at radius 3 is 2.50 bits per heavy atom. The van der Waals surface area contributed by atoms with Gasteiger partial charge >= 0.3 is 0 Å². The maximum absolute atomic E-state index is 13.0. The Labute approximate surface area is 165 Å². The average molecular weight is 407 g/mol. The number of nitrogens with one attached hydrogen (secondary N) is 2. The highest BCUT2D eigenvalue weighted by atomic mass is 32.2. The van der Waals surface area contributed by atoms with Gasteiger partial charge in [-0.05, 0) is 43.2 Å². The molecular formula is C20H25FN3O3S+. The van der Waals surface area contributed by atoms with E-state index in [1.54, 1.807) is 30.3 Å². The number of hydrogen-bond donors (Lipinski definition) is 2. The minimum Gasteiger partial charge on any atom is -0.326 e. The van der Waals surface area contributed by atoms with Crippen molar-refractivity contribution in [2.75, 3.05) is 32.0 Å². The van der Waals surface area contributed by atoms with Crippen molar-refractivity contribution < 1.29 is 22.5 Å². The minimum atomic E-state index is -3.52. The second kappa shape index (κ2) is 8.81. The second-order valence-electron chi connectivity index (χ2n) is 7.12. The number of halogens is 1. The van der Waals surface area contributed by atoms with E-state index in [2.05, 4.69) is 5.32 Å². The summed E-state index contributed by atoms with van der Waals surface area (Å²) in [5.74, 6) is -0.502. The third kappa shape index (κ3) is 5.15. The van der Waals surface area contributed by atoms with Gasteiger partial charge in [0, 0.05) is 24.3 Å². The molecule has 1 heterocycles. The topological polar surface area (TPSA) is 70.9 Å². The van der Waals surface area contributed by atoms with Crippen molar-refractivity contribution in [3.8, 4) is 0 Å². The fourth-order valence-electron chi connectivity index (χ4n) is 3.30. The van der Waals surface area contributed by atoms with E-state index in [9.17, 15) is 17.6 Å². The molecule has 1 atom stereocenters. The van der Waals surface area contributed by atoms with Crippen LogP contribution in [0.25, 0.3) is 0 Å². The fourth-order valence-corrected chi connectivity index (χ4v) is 4.87. The number of quaternary nitrogens is 1. The maximum atomic E-state index is 13.0. The molecule has 6 nitrogen and oxygen atoms in total. The van der Waals surface area contributed by atoms with Crippen molar-refractivity contribution in [3.05, 3.63) is 59.9 Å². The van der Waals surface area contributed by atoms with Gasteiger partial charge in [0.15, 0.2) is 6.54 Å². The van der Waals surface area contributed by atoms with Crippen LogP contribution in [-0.4, -0.2) is 45.3 Å². The van der Waals surface area contributed by atoms with Gasteiger partial charge in [0.2, 0.25) is 10.0 Å². The van der Waals surface area contributed by atoms with Crippen LogP contribution in [0.5, 0.6) is 0 Å². The van der Waals surface area contributed by atoms with Crippen LogP contribution in [0.4, 0.5) is 10.1 Å². The van der Waals surface area contributed by atoms with Gasteiger partial charge in [-0.1, -0.05) is 18.2 Å². The summed E-state index contributed by atoms with van der Waals surface area (Å²) in [6.07, 6.45) is 1.75. The molecule has 0 bridgehead atoms. The molecule has 1 fully saturated rings. The van der Waals surface area contributed by atoms with E-state index in [1.807, 2.05) is 7.05 Å². The molecular weight excluding hydrogens is 381 g/mol. The SMILES string of the molecule is C[NH+](CC(=O)Nc1cccc(S(=O)(=O)N2CCCC2)c1)Cc1ccc(F)cc1. The lowest BCUT2D eigenvalue weighted by Gasteiger charge is -2.17. The summed E-state index contributed by atoms with van der Waals surface area (Å²) < 4.78 is 39.8. The molecule has 8 heteroatoms. The predicted molar refractivity (Wildman–Crippen MR) is 105 cm³/mol. The highest BCUT2D eigenvalue weighted by Gasteiger charge is 2.27. The van der Waals surface area contributed by atoms with Crippen molar-refractivity contribution >= 4 is 21.6 Å². The van der Waals surface area contributed by atoms with Crippen LogP contribution >= 0.6 is 0 Å². The predicted octanol–water partition coefficient (Wildman–Crippen LogP) is 1.26. The van der Waals surface area contributed by atoms with Crippen molar-refractivity contribution in [2.45, 2.75) is 24.3 Å². The monoisotopic (exact) mass is 406 g/mol. The number of amides is 1. The minimum absolute atomic E-state index is 0.194. The molecule has 0 aliphatic carbocycles. The molecule has 0 saturated carbocycles. The van der Waals surface area contributed by atoms with Crippen molar-refractivity contribution in [2.24, 2.45) is 0 Å². The molecule has 1 amide bonds. The van der Waals surface area contributed by atoms with Crippen LogP contribution in [0, 0.1) is 5.82 Å². The van der Waals surface area contributed by atoms with E-state index in [0.717, 1.165) is 23.3 Å². The van der Waals surface area contributed by atoms with Crippen molar-refractivity contribution in [1.29, 1.82) is 0 Å². The third-order valence-electron chi connectivity index (χ3n) is 4.70. The van der Waals surface area contributed by atoms with Gasteiger partial charge in [-0.3, -0.25) is 4.79 Å². The molecule has 3 rings (SSSR count). The van der Waals surface area contributed by atoms with Gasteiger partial charge in [-0.15, -0.1) is 0 Å². The summed E-state index contributed by atoms with van der Waals surface area (Å²) in [7, 11) is -1.65. The molecule has 1 aliphatic rings. The van der Waals surface area contributed by atoms with Gasteiger partial charge in [-0.25, -0.2) is 12.8 Å². The first-order valence-electron chi connectivity index (χ1n) is 9.30. The molecule has 1 saturated heterocycles. The Morgan fingerprint density at radius 2 is 1.82 bits per heavy atom. The smallest absolute Gasteiger partial charge is 0.279 e.